The number of aliphatic hydroxyl groups is 1. The molecule has 0 rings (SSSR count). The van der Waals surface area contributed by atoms with E-state index < -0.39 is 42.3 Å². The van der Waals surface area contributed by atoms with Gasteiger partial charge in [0.2, 0.25) is 0 Å². The van der Waals surface area contributed by atoms with Gasteiger partial charge in [0.1, 0.15) is 0 Å². The first-order chi connectivity index (χ1) is 8.16. The fourth-order valence-electron chi connectivity index (χ4n) is 1.57. The van der Waals surface area contributed by atoms with Crippen LogP contribution in [0.15, 0.2) is 11.6 Å². The summed E-state index contributed by atoms with van der Waals surface area (Å²) in [6, 6.07) is -1.75. The minimum absolute atomic E-state index is 0.461. The lowest BCUT2D eigenvalue weighted by Gasteiger charge is -2.24. The third-order valence-corrected chi connectivity index (χ3v) is 2.51. The van der Waals surface area contributed by atoms with Crippen LogP contribution >= 0.6 is 0 Å². The molecule has 0 spiro atoms. The van der Waals surface area contributed by atoms with Gasteiger partial charge in [0.25, 0.3) is 0 Å². The molecule has 104 valence electrons. The number of hydrogen-bond acceptors (Lipinski definition) is 5. The molecule has 0 amide bonds. The monoisotopic (exact) mass is 258 g/mol. The normalized spacial score (nSPS) is 17.4. The molecule has 0 aromatic heterocycles. The maximum atomic E-state index is 12.0. The highest BCUT2D eigenvalue weighted by Gasteiger charge is 2.31. The van der Waals surface area contributed by atoms with E-state index >= 15 is 0 Å². The number of nitrogens with two attached hydrogens (primary N) is 2. The van der Waals surface area contributed by atoms with E-state index in [4.69, 9.17) is 16.6 Å². The Morgan fingerprint density at radius 1 is 1.28 bits per heavy atom. The van der Waals surface area contributed by atoms with Gasteiger partial charge in [0.15, 0.2) is 5.78 Å². The summed E-state index contributed by atoms with van der Waals surface area (Å²) >= 11 is 0. The SMILES string of the molecule is CC(C)=CC(C(=O)[C@@H](N)CC(=O)O)C(O)C(C)N. The average molecular weight is 258 g/mol. The zero-order valence-electron chi connectivity index (χ0n) is 11.0. The highest BCUT2D eigenvalue weighted by atomic mass is 16.4. The summed E-state index contributed by atoms with van der Waals surface area (Å²) in [5.74, 6) is -2.53. The van der Waals surface area contributed by atoms with Crippen molar-refractivity contribution in [1.29, 1.82) is 0 Å². The molecule has 18 heavy (non-hydrogen) atoms. The summed E-state index contributed by atoms with van der Waals surface area (Å²) in [6.07, 6.45) is 0.0302. The molecule has 0 heterocycles. The number of hydrogen-bond donors (Lipinski definition) is 4. The van der Waals surface area contributed by atoms with Gasteiger partial charge in [-0.2, -0.15) is 0 Å². The van der Waals surface area contributed by atoms with Crippen LogP contribution in [-0.4, -0.2) is 40.2 Å². The lowest BCUT2D eigenvalue weighted by atomic mass is 9.87. The number of ketones is 1. The number of carboxylic acid groups (broad SMARTS) is 1. The number of carbonyl (C=O) groups is 2. The van der Waals surface area contributed by atoms with Crippen LogP contribution in [0.5, 0.6) is 0 Å². The van der Waals surface area contributed by atoms with Crippen LogP contribution in [0.25, 0.3) is 0 Å². The first-order valence-electron chi connectivity index (χ1n) is 5.76. The Labute approximate surface area is 107 Å². The molecule has 0 bridgehead atoms. The highest BCUT2D eigenvalue weighted by Crippen LogP contribution is 2.15. The van der Waals surface area contributed by atoms with Gasteiger partial charge in [-0.05, 0) is 20.8 Å². The largest absolute Gasteiger partial charge is 0.481 e. The third kappa shape index (κ3) is 5.39. The predicted molar refractivity (Wildman–Crippen MR) is 67.8 cm³/mol. The van der Waals surface area contributed by atoms with Crippen LogP contribution in [0.2, 0.25) is 0 Å². The minimum Gasteiger partial charge on any atom is -0.481 e. The number of allylic oxidation sites excluding steroid dienone is 1. The van der Waals surface area contributed by atoms with Gasteiger partial charge in [-0.1, -0.05) is 11.6 Å². The van der Waals surface area contributed by atoms with Gasteiger partial charge in [0, 0.05) is 6.04 Å². The van der Waals surface area contributed by atoms with Crippen molar-refractivity contribution < 1.29 is 19.8 Å². The van der Waals surface area contributed by atoms with Crippen molar-refractivity contribution in [1.82, 2.24) is 0 Å². The molecule has 4 atom stereocenters. The van der Waals surface area contributed by atoms with E-state index in [9.17, 15) is 14.7 Å². The molecule has 0 aromatic carbocycles. The number of carboxylic acids is 1. The smallest absolute Gasteiger partial charge is 0.305 e. The summed E-state index contributed by atoms with van der Waals surface area (Å²) in [5, 5.41) is 18.5. The van der Waals surface area contributed by atoms with E-state index in [0.717, 1.165) is 5.57 Å². The van der Waals surface area contributed by atoms with Gasteiger partial charge in [-0.3, -0.25) is 9.59 Å². The van der Waals surface area contributed by atoms with E-state index in [-0.39, 0.29) is 0 Å². The Balaban J connectivity index is 5.02. The van der Waals surface area contributed by atoms with Gasteiger partial charge < -0.3 is 21.7 Å². The highest BCUT2D eigenvalue weighted by molar-refractivity contribution is 5.91. The van der Waals surface area contributed by atoms with Crippen molar-refractivity contribution in [3.8, 4) is 0 Å². The standard InChI is InChI=1S/C12H22N2O4/c1-6(2)4-8(11(17)7(3)13)12(18)9(14)5-10(15)16/h4,7-9,11,17H,5,13-14H2,1-3H3,(H,15,16)/t7?,8?,9-,11?/m0/s1. The summed E-state index contributed by atoms with van der Waals surface area (Å²) in [4.78, 5) is 22.5. The molecule has 0 saturated heterocycles. The summed E-state index contributed by atoms with van der Waals surface area (Å²) in [7, 11) is 0. The predicted octanol–water partition coefficient (Wildman–Crippen LogP) is -0.352. The molecular weight excluding hydrogens is 236 g/mol. The maximum Gasteiger partial charge on any atom is 0.305 e. The Kier molecular flexibility index (Phi) is 6.75. The van der Waals surface area contributed by atoms with Gasteiger partial charge in [-0.25, -0.2) is 0 Å². The fraction of sp³-hybridized carbons (Fsp3) is 0.667. The molecule has 6 N–H and O–H groups in total. The van der Waals surface area contributed by atoms with Crippen LogP contribution in [0.4, 0.5) is 0 Å². The number of rotatable bonds is 7. The Bertz CT molecular complexity index is 335. The van der Waals surface area contributed by atoms with Crippen molar-refractivity contribution in [2.45, 2.75) is 45.4 Å². The first kappa shape index (κ1) is 16.8. The zero-order valence-corrected chi connectivity index (χ0v) is 11.0. The summed E-state index contributed by atoms with van der Waals surface area (Å²) in [6.45, 7) is 5.13. The van der Waals surface area contributed by atoms with Gasteiger partial charge in [-0.15, -0.1) is 0 Å². The van der Waals surface area contributed by atoms with Crippen LogP contribution in [0.1, 0.15) is 27.2 Å². The van der Waals surface area contributed by atoms with Crippen molar-refractivity contribution in [3.05, 3.63) is 11.6 Å². The van der Waals surface area contributed by atoms with E-state index in [0.29, 0.717) is 0 Å². The van der Waals surface area contributed by atoms with Crippen molar-refractivity contribution in [2.24, 2.45) is 17.4 Å². The van der Waals surface area contributed by atoms with Gasteiger partial charge >= 0.3 is 5.97 Å². The second kappa shape index (κ2) is 7.25. The van der Waals surface area contributed by atoms with E-state index in [1.54, 1.807) is 26.8 Å². The second-order valence-corrected chi connectivity index (χ2v) is 4.73. The lowest BCUT2D eigenvalue weighted by molar-refractivity contribution is -0.140. The van der Waals surface area contributed by atoms with E-state index in [1.807, 2.05) is 0 Å². The Morgan fingerprint density at radius 3 is 2.11 bits per heavy atom. The molecule has 0 aliphatic carbocycles. The molecular formula is C12H22N2O4. The van der Waals surface area contributed by atoms with E-state index in [2.05, 4.69) is 0 Å². The Morgan fingerprint density at radius 2 is 1.78 bits per heavy atom. The topological polar surface area (TPSA) is 127 Å². The zero-order chi connectivity index (χ0) is 14.5. The van der Waals surface area contributed by atoms with Crippen molar-refractivity contribution >= 4 is 11.8 Å². The molecule has 0 saturated carbocycles. The summed E-state index contributed by atoms with van der Waals surface area (Å²) in [5.41, 5.74) is 11.9. The number of Topliss-reactive ketones (excluding diaryl/α,β-unsaturated/α-hetero) is 1. The molecule has 3 unspecified atom stereocenters. The van der Waals surface area contributed by atoms with Crippen LogP contribution in [0, 0.1) is 5.92 Å². The Hall–Kier alpha value is -1.24. The molecule has 0 aromatic rings. The fourth-order valence-corrected chi connectivity index (χ4v) is 1.57. The second-order valence-electron chi connectivity index (χ2n) is 4.73. The molecule has 6 nitrogen and oxygen atoms in total. The first-order valence-corrected chi connectivity index (χ1v) is 5.76. The third-order valence-electron chi connectivity index (χ3n) is 2.51. The molecule has 0 aliphatic heterocycles. The number of aliphatic hydroxyl groups excluding tert-OH is 1. The summed E-state index contributed by atoms with van der Waals surface area (Å²) < 4.78 is 0. The lowest BCUT2D eigenvalue weighted by Crippen LogP contribution is -2.46. The van der Waals surface area contributed by atoms with Crippen LogP contribution in [0.3, 0.4) is 0 Å². The quantitative estimate of drug-likeness (QED) is 0.462. The van der Waals surface area contributed by atoms with Crippen molar-refractivity contribution in [2.75, 3.05) is 0 Å². The molecule has 6 heteroatoms. The van der Waals surface area contributed by atoms with E-state index in [1.165, 1.54) is 0 Å². The number of aliphatic carboxylic acids is 1. The maximum absolute atomic E-state index is 12.0. The molecule has 0 fully saturated rings. The minimum atomic E-state index is -1.15. The average Bonchev–Trinajstić information content (AvgIpc) is 2.22. The molecule has 0 aliphatic rings. The van der Waals surface area contributed by atoms with Gasteiger partial charge in [0.05, 0.1) is 24.5 Å². The van der Waals surface area contributed by atoms with Crippen LogP contribution < -0.4 is 11.5 Å². The number of carbonyl (C=O) groups excluding carboxylic acids is 1. The van der Waals surface area contributed by atoms with Crippen molar-refractivity contribution in [3.63, 3.8) is 0 Å². The molecule has 0 radical (unpaired) electrons. The van der Waals surface area contributed by atoms with Crippen LogP contribution in [-0.2, 0) is 9.59 Å².